The van der Waals surface area contributed by atoms with Gasteiger partial charge in [0.25, 0.3) is 0 Å². The molecule has 2 aliphatic rings. The summed E-state index contributed by atoms with van der Waals surface area (Å²) in [5.74, 6) is 3.03. The number of hydrogen-bond acceptors (Lipinski definition) is 6. The van der Waals surface area contributed by atoms with Crippen molar-refractivity contribution in [3.05, 3.63) is 29.2 Å². The highest BCUT2D eigenvalue weighted by Gasteiger charge is 2.34. The van der Waals surface area contributed by atoms with Crippen molar-refractivity contribution in [3.8, 4) is 0 Å². The van der Waals surface area contributed by atoms with Crippen molar-refractivity contribution in [1.82, 2.24) is 25.1 Å². The number of aromatic nitrogens is 5. The van der Waals surface area contributed by atoms with Crippen LogP contribution in [-0.2, 0) is 17.6 Å². The fraction of sp³-hybridized carbons (Fsp3) is 0.647. The number of ether oxygens (including phenoxy) is 1. The fourth-order valence-electron chi connectivity index (χ4n) is 3.84. The Morgan fingerprint density at radius 3 is 3.00 bits per heavy atom. The highest BCUT2D eigenvalue weighted by atomic mass is 16.5. The zero-order valence-electron chi connectivity index (χ0n) is 14.3. The van der Waals surface area contributed by atoms with E-state index in [2.05, 4.69) is 37.1 Å². The first-order valence-electron chi connectivity index (χ1n) is 8.77. The Morgan fingerprint density at radius 1 is 1.29 bits per heavy atom. The van der Waals surface area contributed by atoms with Crippen LogP contribution in [0, 0.1) is 6.92 Å². The molecule has 0 amide bonds. The lowest BCUT2D eigenvalue weighted by molar-refractivity contribution is 0.108. The van der Waals surface area contributed by atoms with Gasteiger partial charge in [0, 0.05) is 31.5 Å². The minimum Gasteiger partial charge on any atom is -0.376 e. The third-order valence-corrected chi connectivity index (χ3v) is 5.07. The molecule has 7 nitrogen and oxygen atoms in total. The number of fused-ring (bicyclic) bond motifs is 1. The van der Waals surface area contributed by atoms with Gasteiger partial charge in [-0.1, -0.05) is 0 Å². The molecule has 1 saturated heterocycles. The maximum atomic E-state index is 5.99. The molecule has 128 valence electrons. The summed E-state index contributed by atoms with van der Waals surface area (Å²) in [5, 5.41) is 7.28. The minimum atomic E-state index is 0.0967. The second-order valence-corrected chi connectivity index (χ2v) is 6.79. The summed E-state index contributed by atoms with van der Waals surface area (Å²) in [6.45, 7) is 3.49. The van der Waals surface area contributed by atoms with Gasteiger partial charge in [-0.3, -0.25) is 5.10 Å². The minimum absolute atomic E-state index is 0.0967. The highest BCUT2D eigenvalue weighted by molar-refractivity contribution is 5.49. The Bertz CT molecular complexity index is 715. The van der Waals surface area contributed by atoms with Crippen LogP contribution >= 0.6 is 0 Å². The molecule has 2 aromatic rings. The van der Waals surface area contributed by atoms with E-state index in [1.165, 1.54) is 24.1 Å². The average Bonchev–Trinajstić information content (AvgIpc) is 3.23. The standard InChI is InChI=1S/C17H24N6O/c1-11-20-16(22-21-11)13-7-8-24-15(13)9-23(2)17-12-5-3-4-6-14(12)18-10-19-17/h10,13,15H,3-9H2,1-2H3,(H,20,21,22)/t13-,15-/m0/s1. The molecule has 1 fully saturated rings. The van der Waals surface area contributed by atoms with Gasteiger partial charge in [0.2, 0.25) is 0 Å². The van der Waals surface area contributed by atoms with Crippen molar-refractivity contribution in [2.45, 2.75) is 51.0 Å². The molecule has 1 aliphatic heterocycles. The third kappa shape index (κ3) is 2.88. The predicted molar refractivity (Wildman–Crippen MR) is 90.2 cm³/mol. The Kier molecular flexibility index (Phi) is 4.18. The average molecular weight is 328 g/mol. The molecule has 0 unspecified atom stereocenters. The molecule has 0 radical (unpaired) electrons. The topological polar surface area (TPSA) is 79.8 Å². The number of rotatable bonds is 4. The Labute approximate surface area is 141 Å². The van der Waals surface area contributed by atoms with E-state index in [1.54, 1.807) is 6.33 Å². The Hall–Kier alpha value is -2.02. The van der Waals surface area contributed by atoms with Crippen LogP contribution in [0.4, 0.5) is 5.82 Å². The van der Waals surface area contributed by atoms with Crippen molar-refractivity contribution < 1.29 is 4.74 Å². The molecule has 4 rings (SSSR count). The summed E-state index contributed by atoms with van der Waals surface area (Å²) in [4.78, 5) is 15.7. The van der Waals surface area contributed by atoms with E-state index in [1.807, 2.05) is 6.92 Å². The molecule has 2 aromatic heterocycles. The maximum absolute atomic E-state index is 5.99. The van der Waals surface area contributed by atoms with Gasteiger partial charge in [-0.2, -0.15) is 5.10 Å². The molecule has 24 heavy (non-hydrogen) atoms. The number of likely N-dealkylation sites (N-methyl/N-ethyl adjacent to an activating group) is 1. The van der Waals surface area contributed by atoms with Crippen molar-refractivity contribution in [2.24, 2.45) is 0 Å². The van der Waals surface area contributed by atoms with Crippen LogP contribution in [0.1, 0.15) is 48.1 Å². The van der Waals surface area contributed by atoms with Crippen LogP contribution < -0.4 is 4.90 Å². The molecule has 7 heteroatoms. The van der Waals surface area contributed by atoms with Gasteiger partial charge in [-0.05, 0) is 39.0 Å². The molecular weight excluding hydrogens is 304 g/mol. The zero-order valence-corrected chi connectivity index (χ0v) is 14.3. The van der Waals surface area contributed by atoms with Gasteiger partial charge in [0.1, 0.15) is 18.0 Å². The van der Waals surface area contributed by atoms with Gasteiger partial charge in [0.15, 0.2) is 5.82 Å². The largest absolute Gasteiger partial charge is 0.376 e. The van der Waals surface area contributed by atoms with Crippen LogP contribution in [-0.4, -0.2) is 51.5 Å². The maximum Gasteiger partial charge on any atom is 0.156 e. The van der Waals surface area contributed by atoms with Crippen LogP contribution in [0.5, 0.6) is 0 Å². The number of H-pyrrole nitrogens is 1. The van der Waals surface area contributed by atoms with Crippen LogP contribution in [0.15, 0.2) is 6.33 Å². The number of nitrogens with one attached hydrogen (secondary N) is 1. The highest BCUT2D eigenvalue weighted by Crippen LogP contribution is 2.32. The van der Waals surface area contributed by atoms with Crippen molar-refractivity contribution in [3.63, 3.8) is 0 Å². The number of aromatic amines is 1. The normalized spacial score (nSPS) is 23.2. The Balaban J connectivity index is 1.52. The van der Waals surface area contributed by atoms with E-state index in [-0.39, 0.29) is 12.0 Å². The summed E-state index contributed by atoms with van der Waals surface area (Å²) in [6.07, 6.45) is 7.35. The quantitative estimate of drug-likeness (QED) is 0.922. The van der Waals surface area contributed by atoms with E-state index in [0.29, 0.717) is 0 Å². The van der Waals surface area contributed by atoms with E-state index < -0.39 is 0 Å². The first kappa shape index (κ1) is 15.5. The lowest BCUT2D eigenvalue weighted by Crippen LogP contribution is -2.34. The lowest BCUT2D eigenvalue weighted by atomic mass is 9.96. The van der Waals surface area contributed by atoms with Crippen LogP contribution in [0.25, 0.3) is 0 Å². The second kappa shape index (κ2) is 6.47. The first-order valence-corrected chi connectivity index (χ1v) is 8.77. The molecule has 0 aromatic carbocycles. The van der Waals surface area contributed by atoms with Crippen LogP contribution in [0.3, 0.4) is 0 Å². The molecule has 1 aliphatic carbocycles. The van der Waals surface area contributed by atoms with Crippen molar-refractivity contribution >= 4 is 5.82 Å². The third-order valence-electron chi connectivity index (χ3n) is 5.07. The number of hydrogen-bond donors (Lipinski definition) is 1. The summed E-state index contributed by atoms with van der Waals surface area (Å²) >= 11 is 0. The summed E-state index contributed by atoms with van der Waals surface area (Å²) in [5.41, 5.74) is 2.53. The van der Waals surface area contributed by atoms with Gasteiger partial charge in [0.05, 0.1) is 12.0 Å². The van der Waals surface area contributed by atoms with Gasteiger partial charge >= 0.3 is 0 Å². The van der Waals surface area contributed by atoms with Crippen molar-refractivity contribution in [1.29, 1.82) is 0 Å². The molecule has 0 spiro atoms. The van der Waals surface area contributed by atoms with Crippen LogP contribution in [0.2, 0.25) is 0 Å². The molecule has 0 bridgehead atoms. The van der Waals surface area contributed by atoms with E-state index >= 15 is 0 Å². The van der Waals surface area contributed by atoms with Crippen molar-refractivity contribution in [2.75, 3.05) is 25.1 Å². The van der Waals surface area contributed by atoms with Gasteiger partial charge < -0.3 is 9.64 Å². The first-order chi connectivity index (χ1) is 11.7. The summed E-state index contributed by atoms with van der Waals surface area (Å²) in [6, 6.07) is 0. The second-order valence-electron chi connectivity index (χ2n) is 6.79. The Morgan fingerprint density at radius 2 is 2.17 bits per heavy atom. The molecular formula is C17H24N6O. The van der Waals surface area contributed by atoms with E-state index in [4.69, 9.17) is 4.74 Å². The number of anilines is 1. The zero-order chi connectivity index (χ0) is 16.5. The summed E-state index contributed by atoms with van der Waals surface area (Å²) in [7, 11) is 2.10. The van der Waals surface area contributed by atoms with E-state index in [9.17, 15) is 0 Å². The number of nitrogens with zero attached hydrogens (tertiary/aromatic N) is 5. The molecule has 1 N–H and O–H groups in total. The summed E-state index contributed by atoms with van der Waals surface area (Å²) < 4.78 is 5.99. The monoisotopic (exact) mass is 328 g/mol. The smallest absolute Gasteiger partial charge is 0.156 e. The van der Waals surface area contributed by atoms with Gasteiger partial charge in [-0.15, -0.1) is 0 Å². The predicted octanol–water partition coefficient (Wildman–Crippen LogP) is 1.79. The fourth-order valence-corrected chi connectivity index (χ4v) is 3.84. The number of aryl methyl sites for hydroxylation is 2. The molecule has 2 atom stereocenters. The van der Waals surface area contributed by atoms with Gasteiger partial charge in [-0.25, -0.2) is 15.0 Å². The lowest BCUT2D eigenvalue weighted by Gasteiger charge is -2.28. The van der Waals surface area contributed by atoms with E-state index in [0.717, 1.165) is 49.9 Å². The molecule has 0 saturated carbocycles. The SMILES string of the molecule is Cc1nc([C@H]2CCO[C@H]2CN(C)c2ncnc3c2CCCC3)n[nH]1. The molecule has 3 heterocycles.